The average Bonchev–Trinajstić information content (AvgIpc) is 2.94. The number of furan rings is 1. The number of aryl methyl sites for hydroxylation is 1. The lowest BCUT2D eigenvalue weighted by molar-refractivity contribution is 0.0724. The highest BCUT2D eigenvalue weighted by atomic mass is 16.5. The molecule has 0 saturated carbocycles. The van der Waals surface area contributed by atoms with Gasteiger partial charge in [-0.05, 0) is 37.1 Å². The summed E-state index contributed by atoms with van der Waals surface area (Å²) in [5, 5.41) is 0. The lowest BCUT2D eigenvalue weighted by Crippen LogP contribution is -2.31. The molecule has 0 aliphatic carbocycles. The molecule has 0 saturated heterocycles. The fraction of sp³-hybridized carbons (Fsp3) is 0.353. The summed E-state index contributed by atoms with van der Waals surface area (Å²) in [6.07, 6.45) is 2.39. The third-order valence-electron chi connectivity index (χ3n) is 3.76. The van der Waals surface area contributed by atoms with Crippen LogP contribution in [0, 0.1) is 6.92 Å². The molecule has 1 amide bonds. The molecule has 1 aromatic carbocycles. The van der Waals surface area contributed by atoms with Crippen molar-refractivity contribution in [2.75, 3.05) is 14.2 Å². The zero-order valence-corrected chi connectivity index (χ0v) is 12.9. The molecule has 0 bridgehead atoms. The second-order valence-electron chi connectivity index (χ2n) is 5.00. The number of hydrogen-bond donors (Lipinski definition) is 0. The van der Waals surface area contributed by atoms with Crippen LogP contribution in [-0.2, 0) is 0 Å². The summed E-state index contributed by atoms with van der Waals surface area (Å²) in [5.41, 5.74) is 1.71. The molecule has 1 heterocycles. The van der Waals surface area contributed by atoms with Crippen molar-refractivity contribution in [2.24, 2.45) is 0 Å². The normalized spacial score (nSPS) is 12.0. The van der Waals surface area contributed by atoms with Crippen LogP contribution < -0.4 is 4.74 Å². The van der Waals surface area contributed by atoms with E-state index < -0.39 is 0 Å². The van der Waals surface area contributed by atoms with E-state index in [-0.39, 0.29) is 11.9 Å². The highest BCUT2D eigenvalue weighted by molar-refractivity contribution is 5.95. The van der Waals surface area contributed by atoms with Crippen molar-refractivity contribution >= 4 is 5.91 Å². The molecule has 21 heavy (non-hydrogen) atoms. The van der Waals surface area contributed by atoms with Gasteiger partial charge in [-0.2, -0.15) is 0 Å². The van der Waals surface area contributed by atoms with Crippen LogP contribution in [0.15, 0.2) is 41.0 Å². The molecule has 2 rings (SSSR count). The van der Waals surface area contributed by atoms with Crippen LogP contribution in [0.2, 0.25) is 0 Å². The lowest BCUT2D eigenvalue weighted by Gasteiger charge is -2.27. The Morgan fingerprint density at radius 2 is 1.95 bits per heavy atom. The molecule has 1 aromatic heterocycles. The standard InChI is InChI=1S/C17H21NO3/c1-5-16(13-6-8-14(20-4)9-7-13)18(3)17(19)15-10-11-21-12(15)2/h6-11,16H,5H2,1-4H3/t16-/m1/s1. The Hall–Kier alpha value is -2.23. The van der Waals surface area contributed by atoms with Crippen molar-refractivity contribution in [1.29, 1.82) is 0 Å². The van der Waals surface area contributed by atoms with Crippen LogP contribution in [0.5, 0.6) is 5.75 Å². The Labute approximate surface area is 125 Å². The van der Waals surface area contributed by atoms with Crippen molar-refractivity contribution in [3.63, 3.8) is 0 Å². The fourth-order valence-corrected chi connectivity index (χ4v) is 2.50. The van der Waals surface area contributed by atoms with E-state index in [4.69, 9.17) is 9.15 Å². The second-order valence-corrected chi connectivity index (χ2v) is 5.00. The van der Waals surface area contributed by atoms with E-state index in [1.54, 1.807) is 31.3 Å². The number of amides is 1. The highest BCUT2D eigenvalue weighted by Gasteiger charge is 2.23. The van der Waals surface area contributed by atoms with Gasteiger partial charge in [0.2, 0.25) is 0 Å². The Morgan fingerprint density at radius 3 is 2.43 bits per heavy atom. The molecule has 0 radical (unpaired) electrons. The topological polar surface area (TPSA) is 42.7 Å². The van der Waals surface area contributed by atoms with Crippen LogP contribution in [0.3, 0.4) is 0 Å². The van der Waals surface area contributed by atoms with Crippen molar-refractivity contribution in [3.05, 3.63) is 53.5 Å². The third-order valence-corrected chi connectivity index (χ3v) is 3.76. The van der Waals surface area contributed by atoms with Crippen LogP contribution in [-0.4, -0.2) is 25.0 Å². The predicted octanol–water partition coefficient (Wildman–Crippen LogP) is 3.82. The first-order chi connectivity index (χ1) is 10.1. The van der Waals surface area contributed by atoms with Gasteiger partial charge in [0.15, 0.2) is 0 Å². The number of methoxy groups -OCH3 is 1. The van der Waals surface area contributed by atoms with E-state index in [2.05, 4.69) is 6.92 Å². The Bertz CT molecular complexity index is 601. The molecule has 4 heteroatoms. The van der Waals surface area contributed by atoms with Gasteiger partial charge in [0.05, 0.1) is 25.0 Å². The summed E-state index contributed by atoms with van der Waals surface area (Å²) in [6.45, 7) is 3.87. The SMILES string of the molecule is CC[C@H](c1ccc(OC)cc1)N(C)C(=O)c1ccoc1C. The average molecular weight is 287 g/mol. The first-order valence-electron chi connectivity index (χ1n) is 7.03. The first kappa shape index (κ1) is 15.2. The highest BCUT2D eigenvalue weighted by Crippen LogP contribution is 2.27. The molecular weight excluding hydrogens is 266 g/mol. The van der Waals surface area contributed by atoms with Crippen LogP contribution in [0.1, 0.15) is 41.1 Å². The predicted molar refractivity (Wildman–Crippen MR) is 81.6 cm³/mol. The van der Waals surface area contributed by atoms with E-state index in [0.29, 0.717) is 11.3 Å². The number of carbonyl (C=O) groups is 1. The van der Waals surface area contributed by atoms with Gasteiger partial charge in [0.25, 0.3) is 5.91 Å². The second kappa shape index (κ2) is 6.48. The smallest absolute Gasteiger partial charge is 0.257 e. The minimum atomic E-state index is -0.0241. The Kier molecular flexibility index (Phi) is 4.68. The maximum atomic E-state index is 12.6. The number of ether oxygens (including phenoxy) is 1. The number of carbonyl (C=O) groups excluding carboxylic acids is 1. The molecule has 1 atom stereocenters. The van der Waals surface area contributed by atoms with Crippen LogP contribution in [0.25, 0.3) is 0 Å². The van der Waals surface area contributed by atoms with Gasteiger partial charge >= 0.3 is 0 Å². The summed E-state index contributed by atoms with van der Waals surface area (Å²) in [6, 6.07) is 9.57. The Morgan fingerprint density at radius 1 is 1.29 bits per heavy atom. The van der Waals surface area contributed by atoms with Gasteiger partial charge in [-0.15, -0.1) is 0 Å². The lowest BCUT2D eigenvalue weighted by atomic mass is 10.0. The molecule has 112 valence electrons. The Balaban J connectivity index is 2.23. The molecule has 0 aliphatic heterocycles. The number of hydrogen-bond acceptors (Lipinski definition) is 3. The summed E-state index contributed by atoms with van der Waals surface area (Å²) in [7, 11) is 3.47. The van der Waals surface area contributed by atoms with Crippen molar-refractivity contribution in [1.82, 2.24) is 4.90 Å². The summed E-state index contributed by atoms with van der Waals surface area (Å²) >= 11 is 0. The van der Waals surface area contributed by atoms with Crippen LogP contribution >= 0.6 is 0 Å². The zero-order chi connectivity index (χ0) is 15.4. The minimum absolute atomic E-state index is 0.0241. The van der Waals surface area contributed by atoms with Gasteiger partial charge in [0, 0.05) is 7.05 Å². The largest absolute Gasteiger partial charge is 0.497 e. The van der Waals surface area contributed by atoms with Crippen molar-refractivity contribution in [3.8, 4) is 5.75 Å². The van der Waals surface area contributed by atoms with Gasteiger partial charge < -0.3 is 14.1 Å². The van der Waals surface area contributed by atoms with Gasteiger partial charge in [-0.3, -0.25) is 4.79 Å². The molecular formula is C17H21NO3. The summed E-state index contributed by atoms with van der Waals surface area (Å²) in [5.74, 6) is 1.44. The van der Waals surface area contributed by atoms with Gasteiger partial charge in [-0.1, -0.05) is 19.1 Å². The van der Waals surface area contributed by atoms with Crippen molar-refractivity contribution in [2.45, 2.75) is 26.3 Å². The maximum Gasteiger partial charge on any atom is 0.257 e. The summed E-state index contributed by atoms with van der Waals surface area (Å²) < 4.78 is 10.4. The molecule has 0 N–H and O–H groups in total. The van der Waals surface area contributed by atoms with E-state index in [0.717, 1.165) is 17.7 Å². The van der Waals surface area contributed by atoms with E-state index in [9.17, 15) is 4.79 Å². The minimum Gasteiger partial charge on any atom is -0.497 e. The van der Waals surface area contributed by atoms with E-state index in [1.807, 2.05) is 31.3 Å². The number of benzene rings is 1. The number of nitrogens with zero attached hydrogens (tertiary/aromatic N) is 1. The molecule has 0 fully saturated rings. The van der Waals surface area contributed by atoms with Crippen LogP contribution in [0.4, 0.5) is 0 Å². The monoisotopic (exact) mass is 287 g/mol. The number of rotatable bonds is 5. The molecule has 0 aliphatic rings. The third kappa shape index (κ3) is 3.10. The fourth-order valence-electron chi connectivity index (χ4n) is 2.50. The van der Waals surface area contributed by atoms with E-state index >= 15 is 0 Å². The van der Waals surface area contributed by atoms with Crippen molar-refractivity contribution < 1.29 is 13.9 Å². The zero-order valence-electron chi connectivity index (χ0n) is 12.9. The molecule has 2 aromatic rings. The summed E-state index contributed by atoms with van der Waals surface area (Å²) in [4.78, 5) is 14.3. The molecule has 0 unspecified atom stereocenters. The van der Waals surface area contributed by atoms with Gasteiger partial charge in [-0.25, -0.2) is 0 Å². The van der Waals surface area contributed by atoms with E-state index in [1.165, 1.54) is 0 Å². The quantitative estimate of drug-likeness (QED) is 0.839. The van der Waals surface area contributed by atoms with Gasteiger partial charge in [0.1, 0.15) is 11.5 Å². The first-order valence-corrected chi connectivity index (χ1v) is 7.03. The molecule has 0 spiro atoms. The molecule has 4 nitrogen and oxygen atoms in total. The maximum absolute atomic E-state index is 12.6.